The van der Waals surface area contributed by atoms with Crippen LogP contribution in [0.4, 0.5) is 0 Å². The molecule has 0 bridgehead atoms. The summed E-state index contributed by atoms with van der Waals surface area (Å²) >= 11 is 3.28. The van der Waals surface area contributed by atoms with Crippen molar-refractivity contribution in [3.05, 3.63) is 35.9 Å². The van der Waals surface area contributed by atoms with Crippen LogP contribution in [0.25, 0.3) is 0 Å². The number of carbonyl (C=O) groups is 1. The Kier molecular flexibility index (Phi) is 6.53. The molecule has 0 amide bonds. The molecule has 120 valence electrons. The summed E-state index contributed by atoms with van der Waals surface area (Å²) in [6.07, 6.45) is 3.71. The molecule has 22 heavy (non-hydrogen) atoms. The Balaban J connectivity index is 2.07. The van der Waals surface area contributed by atoms with Gasteiger partial charge in [-0.25, -0.2) is 0 Å². The first kappa shape index (κ1) is 17.6. The van der Waals surface area contributed by atoms with E-state index in [1.165, 1.54) is 10.1 Å². The summed E-state index contributed by atoms with van der Waals surface area (Å²) in [7, 11) is 4.14. The van der Waals surface area contributed by atoms with E-state index >= 15 is 0 Å². The van der Waals surface area contributed by atoms with Crippen molar-refractivity contribution < 1.29 is 20.6 Å². The minimum atomic E-state index is 0.385. The number of hydrogen-bond donors (Lipinski definition) is 0. The summed E-state index contributed by atoms with van der Waals surface area (Å²) in [5.41, 5.74) is 1.29. The van der Waals surface area contributed by atoms with Crippen LogP contribution >= 0.6 is 0 Å². The minimum absolute atomic E-state index is 0.385. The van der Waals surface area contributed by atoms with Crippen LogP contribution in [0.1, 0.15) is 38.2 Å². The van der Waals surface area contributed by atoms with Crippen molar-refractivity contribution in [1.29, 1.82) is 0 Å². The molecule has 0 heterocycles. The van der Waals surface area contributed by atoms with Crippen LogP contribution in [0.5, 0.6) is 0 Å². The molecular weight excluding hydrogens is 312 g/mol. The van der Waals surface area contributed by atoms with Gasteiger partial charge in [-0.1, -0.05) is 0 Å². The summed E-state index contributed by atoms with van der Waals surface area (Å²) in [5.74, 6) is 1.28. The molecule has 1 aliphatic rings. The van der Waals surface area contributed by atoms with Gasteiger partial charge in [0, 0.05) is 0 Å². The number of hydrazine groups is 1. The normalized spacial score (nSPS) is 20.4. The molecule has 1 aliphatic carbocycles. The van der Waals surface area contributed by atoms with Crippen molar-refractivity contribution >= 4 is 10.3 Å². The van der Waals surface area contributed by atoms with E-state index < -0.39 is 0 Å². The first-order chi connectivity index (χ1) is 10.5. The first-order valence-corrected chi connectivity index (χ1v) is 8.67. The van der Waals surface area contributed by atoms with Crippen molar-refractivity contribution in [3.8, 4) is 0 Å². The maximum atomic E-state index is 11.8. The molecule has 1 aromatic rings. The average Bonchev–Trinajstić information content (AvgIpc) is 2.52. The molecule has 1 aromatic carbocycles. The van der Waals surface area contributed by atoms with E-state index in [0.717, 1.165) is 32.2 Å². The Hall–Kier alpha value is -0.788. The second kappa shape index (κ2) is 8.17. The van der Waals surface area contributed by atoms with Crippen LogP contribution < -0.4 is 0 Å². The van der Waals surface area contributed by atoms with Gasteiger partial charge in [-0.3, -0.25) is 0 Å². The second-order valence-corrected chi connectivity index (χ2v) is 7.07. The van der Waals surface area contributed by atoms with Crippen LogP contribution in [-0.2, 0) is 27.2 Å². The number of carbonyl (C=O) groups excluding carboxylic acids is 1. The van der Waals surface area contributed by atoms with Crippen LogP contribution in [0.2, 0.25) is 0 Å². The van der Waals surface area contributed by atoms with Crippen molar-refractivity contribution in [2.24, 2.45) is 11.8 Å². The number of hydrogen-bond acceptors (Lipinski definition) is 3. The molecule has 2 rings (SSSR count). The molecule has 0 N–H and O–H groups in total. The first-order valence-electron chi connectivity index (χ1n) is 8.03. The predicted molar refractivity (Wildman–Crippen MR) is 86.8 cm³/mol. The van der Waals surface area contributed by atoms with Gasteiger partial charge in [-0.15, -0.1) is 0 Å². The Bertz CT molecular complexity index is 515. The van der Waals surface area contributed by atoms with Crippen molar-refractivity contribution in [2.45, 2.75) is 39.2 Å². The van der Waals surface area contributed by atoms with E-state index in [4.69, 9.17) is 0 Å². The molecule has 0 aliphatic heterocycles. The molecule has 0 radical (unpaired) electrons. The van der Waals surface area contributed by atoms with Gasteiger partial charge < -0.3 is 0 Å². The molecule has 0 unspecified atom stereocenters. The van der Waals surface area contributed by atoms with Crippen LogP contribution in [0, 0.1) is 11.8 Å². The van der Waals surface area contributed by atoms with E-state index in [1.54, 1.807) is 0 Å². The molecule has 1 fully saturated rings. The molecule has 3 nitrogen and oxygen atoms in total. The molecule has 0 spiro atoms. The number of rotatable bonds is 6. The van der Waals surface area contributed by atoms with Crippen molar-refractivity contribution in [2.75, 3.05) is 14.1 Å². The van der Waals surface area contributed by atoms with Gasteiger partial charge in [-0.05, 0) is 0 Å². The molecule has 4 heteroatoms. The number of Topliss-reactive ketones (excluding diaryl/α,β-unsaturated/α-hetero) is 1. The van der Waals surface area contributed by atoms with Gasteiger partial charge in [0.1, 0.15) is 0 Å². The fraction of sp³-hybridized carbons (Fsp3) is 0.556. The molecule has 0 aromatic heterocycles. The molecular formula is C18H26CrN2O. The summed E-state index contributed by atoms with van der Waals surface area (Å²) in [4.78, 5) is 11.8. The van der Waals surface area contributed by atoms with Gasteiger partial charge in [0.25, 0.3) is 0 Å². The summed E-state index contributed by atoms with van der Waals surface area (Å²) in [5, 5.41) is 4.40. The van der Waals surface area contributed by atoms with E-state index in [9.17, 15) is 4.79 Å². The van der Waals surface area contributed by atoms with Gasteiger partial charge in [-0.2, -0.15) is 0 Å². The SMILES string of the molecule is C[C@@H]([C](=[Cr])N(Cc1ccccc1)N(C)C)[C@@H]1CCCC(=O)C1. The second-order valence-electron chi connectivity index (χ2n) is 6.41. The third-order valence-corrected chi connectivity index (χ3v) is 5.44. The third-order valence-electron chi connectivity index (χ3n) is 4.53. The van der Waals surface area contributed by atoms with Crippen LogP contribution in [-0.4, -0.2) is 34.4 Å². The van der Waals surface area contributed by atoms with E-state index in [2.05, 4.69) is 71.2 Å². The van der Waals surface area contributed by atoms with E-state index in [0.29, 0.717) is 17.6 Å². The topological polar surface area (TPSA) is 23.6 Å². The summed E-state index contributed by atoms with van der Waals surface area (Å²) < 4.78 is 1.23. The molecule has 2 atom stereocenters. The zero-order chi connectivity index (χ0) is 16.1. The standard InChI is InChI=1S/C18H26N2O.Cr/c1-15(17-10-7-11-18(21)12-17)13-20(19(2)3)14-16-8-5-4-6-9-16;/h4-6,8-9,15,17H,7,10-12,14H2,1-3H3;/t15-,17+;/m0./s1. The number of ketones is 1. The monoisotopic (exact) mass is 338 g/mol. The summed E-state index contributed by atoms with van der Waals surface area (Å²) in [6, 6.07) is 10.5. The predicted octanol–water partition coefficient (Wildman–Crippen LogP) is 3.04. The quantitative estimate of drug-likeness (QED) is 0.745. The Morgan fingerprint density at radius 3 is 2.59 bits per heavy atom. The number of benzene rings is 1. The third kappa shape index (κ3) is 4.60. The van der Waals surface area contributed by atoms with E-state index in [1.807, 2.05) is 6.07 Å². The maximum absolute atomic E-state index is 11.8. The Labute approximate surface area is 142 Å². The number of nitrogens with zero attached hydrogens (tertiary/aromatic N) is 2. The van der Waals surface area contributed by atoms with Gasteiger partial charge in [0.05, 0.1) is 0 Å². The van der Waals surface area contributed by atoms with Gasteiger partial charge in [0.2, 0.25) is 0 Å². The Morgan fingerprint density at radius 1 is 1.32 bits per heavy atom. The summed E-state index contributed by atoms with van der Waals surface area (Å²) in [6.45, 7) is 3.10. The van der Waals surface area contributed by atoms with Crippen LogP contribution in [0.15, 0.2) is 30.3 Å². The van der Waals surface area contributed by atoms with Crippen LogP contribution in [0.3, 0.4) is 0 Å². The zero-order valence-corrected chi connectivity index (χ0v) is 15.1. The molecule has 0 saturated heterocycles. The Morgan fingerprint density at radius 2 is 2.00 bits per heavy atom. The molecule has 1 saturated carbocycles. The average molecular weight is 338 g/mol. The fourth-order valence-corrected chi connectivity index (χ4v) is 3.75. The van der Waals surface area contributed by atoms with Crippen molar-refractivity contribution in [1.82, 2.24) is 10.0 Å². The van der Waals surface area contributed by atoms with Crippen molar-refractivity contribution in [3.63, 3.8) is 0 Å². The van der Waals surface area contributed by atoms with Gasteiger partial charge >= 0.3 is 142 Å². The van der Waals surface area contributed by atoms with Gasteiger partial charge in [0.15, 0.2) is 0 Å². The fourth-order valence-electron chi connectivity index (χ4n) is 3.09. The zero-order valence-electron chi connectivity index (χ0n) is 13.8. The van der Waals surface area contributed by atoms with E-state index in [-0.39, 0.29) is 0 Å².